The van der Waals surface area contributed by atoms with Crippen molar-refractivity contribution in [1.29, 1.82) is 0 Å². The number of Topliss-reactive ketones (excluding diaryl/α,β-unsaturated/α-hetero) is 1. The van der Waals surface area contributed by atoms with Crippen molar-refractivity contribution in [2.45, 2.75) is 13.3 Å². The molecule has 0 spiro atoms. The first-order valence-corrected chi connectivity index (χ1v) is 2.37. The molecular formula is C4H5NO5. The lowest BCUT2D eigenvalue weighted by atomic mass is 10.3. The summed E-state index contributed by atoms with van der Waals surface area (Å²) < 4.78 is 0. The molecule has 0 unspecified atom stereocenters. The van der Waals surface area contributed by atoms with Gasteiger partial charge in [-0.05, 0) is 6.92 Å². The van der Waals surface area contributed by atoms with Gasteiger partial charge in [-0.15, -0.1) is 10.1 Å². The zero-order chi connectivity index (χ0) is 8.15. The molecule has 0 saturated heterocycles. The Hall–Kier alpha value is -1.46. The average molecular weight is 147 g/mol. The highest BCUT2D eigenvalue weighted by atomic mass is 17.0. The van der Waals surface area contributed by atoms with E-state index in [1.807, 2.05) is 0 Å². The van der Waals surface area contributed by atoms with Gasteiger partial charge in [0.1, 0.15) is 5.78 Å². The van der Waals surface area contributed by atoms with Gasteiger partial charge in [-0.2, -0.15) is 0 Å². The maximum absolute atomic E-state index is 10.2. The van der Waals surface area contributed by atoms with Gasteiger partial charge in [0.2, 0.25) is 0 Å². The van der Waals surface area contributed by atoms with E-state index in [0.29, 0.717) is 0 Å². The second-order valence-corrected chi connectivity index (χ2v) is 1.57. The second-order valence-electron chi connectivity index (χ2n) is 1.57. The number of ketones is 1. The van der Waals surface area contributed by atoms with Crippen molar-refractivity contribution in [2.75, 3.05) is 0 Å². The van der Waals surface area contributed by atoms with E-state index >= 15 is 0 Å². The van der Waals surface area contributed by atoms with Gasteiger partial charge in [0, 0.05) is 0 Å². The van der Waals surface area contributed by atoms with Gasteiger partial charge in [0.05, 0.1) is 6.42 Å². The van der Waals surface area contributed by atoms with Gasteiger partial charge >= 0.3 is 11.1 Å². The summed E-state index contributed by atoms with van der Waals surface area (Å²) in [6.07, 6.45) is -0.555. The molecule has 0 amide bonds. The van der Waals surface area contributed by atoms with E-state index in [1.165, 1.54) is 0 Å². The molecule has 6 nitrogen and oxygen atoms in total. The van der Waals surface area contributed by atoms with E-state index in [-0.39, 0.29) is 0 Å². The highest BCUT2D eigenvalue weighted by molar-refractivity contribution is 5.93. The van der Waals surface area contributed by atoms with E-state index in [9.17, 15) is 19.7 Å². The van der Waals surface area contributed by atoms with E-state index in [1.54, 1.807) is 0 Å². The molecule has 0 fully saturated rings. The highest BCUT2D eigenvalue weighted by Gasteiger charge is 2.08. The molecular weight excluding hydrogens is 142 g/mol. The van der Waals surface area contributed by atoms with Crippen LogP contribution in [0.2, 0.25) is 0 Å². The molecule has 0 bridgehead atoms. The van der Waals surface area contributed by atoms with Gasteiger partial charge in [-0.1, -0.05) is 0 Å². The lowest BCUT2D eigenvalue weighted by Gasteiger charge is -1.91. The Morgan fingerprint density at radius 1 is 1.60 bits per heavy atom. The Morgan fingerprint density at radius 2 is 2.10 bits per heavy atom. The molecule has 0 aliphatic heterocycles. The first kappa shape index (κ1) is 8.54. The molecule has 6 heteroatoms. The maximum Gasteiger partial charge on any atom is 0.311 e. The SMILES string of the molecule is CC(=O)CC(=O)O[N+](=O)[O-]. The minimum absolute atomic E-state index is 0.466. The molecule has 0 aliphatic carbocycles. The zero-order valence-corrected chi connectivity index (χ0v) is 5.20. The third-order valence-corrected chi connectivity index (χ3v) is 0.570. The maximum atomic E-state index is 10.2. The van der Waals surface area contributed by atoms with Crippen molar-refractivity contribution in [3.05, 3.63) is 10.1 Å². The zero-order valence-electron chi connectivity index (χ0n) is 5.20. The third-order valence-electron chi connectivity index (χ3n) is 0.570. The largest absolute Gasteiger partial charge is 0.311 e. The summed E-state index contributed by atoms with van der Waals surface area (Å²) in [4.78, 5) is 33.2. The molecule has 0 aromatic carbocycles. The van der Waals surface area contributed by atoms with Crippen LogP contribution in [0.1, 0.15) is 13.3 Å². The van der Waals surface area contributed by atoms with Gasteiger partial charge < -0.3 is 0 Å². The average Bonchev–Trinajstić information content (AvgIpc) is 1.58. The van der Waals surface area contributed by atoms with Crippen LogP contribution < -0.4 is 0 Å². The molecule has 0 aliphatic rings. The van der Waals surface area contributed by atoms with Crippen LogP contribution in [0.3, 0.4) is 0 Å². The summed E-state index contributed by atoms with van der Waals surface area (Å²) >= 11 is 0. The highest BCUT2D eigenvalue weighted by Crippen LogP contribution is 1.86. The molecule has 0 radical (unpaired) electrons. The molecule has 0 N–H and O–H groups in total. The van der Waals surface area contributed by atoms with Crippen LogP contribution in [0, 0.1) is 10.1 Å². The molecule has 0 rings (SSSR count). The fourth-order valence-electron chi connectivity index (χ4n) is 0.319. The van der Waals surface area contributed by atoms with Crippen LogP contribution >= 0.6 is 0 Å². The Bertz CT molecular complexity index is 156. The van der Waals surface area contributed by atoms with Crippen LogP contribution in [-0.2, 0) is 14.4 Å². The summed E-state index contributed by atoms with van der Waals surface area (Å²) in [5, 5.41) is 8.20. The summed E-state index contributed by atoms with van der Waals surface area (Å²) in [7, 11) is 0. The fourth-order valence-corrected chi connectivity index (χ4v) is 0.319. The summed E-state index contributed by atoms with van der Waals surface area (Å²) in [6, 6.07) is 0. The van der Waals surface area contributed by atoms with Crippen molar-refractivity contribution in [2.24, 2.45) is 0 Å². The quantitative estimate of drug-likeness (QED) is 0.310. The fraction of sp³-hybridized carbons (Fsp3) is 0.500. The summed E-state index contributed by atoms with van der Waals surface area (Å²) in [5.74, 6) is -1.61. The van der Waals surface area contributed by atoms with E-state index < -0.39 is 23.3 Å². The molecule has 0 atom stereocenters. The number of carbonyl (C=O) groups is 2. The smallest absolute Gasteiger partial charge is 0.299 e. The van der Waals surface area contributed by atoms with Crippen LogP contribution in [0.4, 0.5) is 0 Å². The molecule has 10 heavy (non-hydrogen) atoms. The standard InChI is InChI=1S/C4H5NO5/c1-3(6)2-4(7)10-5(8)9/h2H2,1H3. The van der Waals surface area contributed by atoms with Gasteiger partial charge in [0.25, 0.3) is 0 Å². The van der Waals surface area contributed by atoms with Crippen LogP contribution in [0.25, 0.3) is 0 Å². The second kappa shape index (κ2) is 3.54. The first-order valence-electron chi connectivity index (χ1n) is 2.37. The van der Waals surface area contributed by atoms with Gasteiger partial charge in [0.15, 0.2) is 0 Å². The van der Waals surface area contributed by atoms with Crippen LogP contribution in [0.15, 0.2) is 0 Å². The van der Waals surface area contributed by atoms with Crippen LogP contribution in [0.5, 0.6) is 0 Å². The number of nitrogens with zero attached hydrogens (tertiary/aromatic N) is 1. The monoisotopic (exact) mass is 147 g/mol. The first-order chi connectivity index (χ1) is 4.52. The molecule has 0 saturated carbocycles. The number of rotatable bonds is 3. The van der Waals surface area contributed by atoms with Crippen molar-refractivity contribution in [3.63, 3.8) is 0 Å². The van der Waals surface area contributed by atoms with Crippen LogP contribution in [-0.4, -0.2) is 16.8 Å². The Labute approximate surface area is 55.9 Å². The van der Waals surface area contributed by atoms with Crippen molar-refractivity contribution in [1.82, 2.24) is 0 Å². The summed E-state index contributed by atoms with van der Waals surface area (Å²) in [5.41, 5.74) is 0. The van der Waals surface area contributed by atoms with E-state index in [0.717, 1.165) is 6.92 Å². The van der Waals surface area contributed by atoms with E-state index in [4.69, 9.17) is 0 Å². The minimum atomic E-state index is -1.24. The minimum Gasteiger partial charge on any atom is -0.299 e. The topological polar surface area (TPSA) is 86.5 Å². The number of hydrogen-bond donors (Lipinski definition) is 0. The van der Waals surface area contributed by atoms with Crippen molar-refractivity contribution >= 4 is 11.8 Å². The Morgan fingerprint density at radius 3 is 2.40 bits per heavy atom. The third kappa shape index (κ3) is 4.69. The number of hydrogen-bond acceptors (Lipinski definition) is 5. The molecule has 0 aromatic rings. The summed E-state index contributed by atoms with van der Waals surface area (Å²) in [6.45, 7) is 1.14. The molecule has 0 aromatic heterocycles. The van der Waals surface area contributed by atoms with Gasteiger partial charge in [-0.3, -0.25) is 9.59 Å². The van der Waals surface area contributed by atoms with Gasteiger partial charge in [-0.25, -0.2) is 4.84 Å². The molecule has 56 valence electrons. The molecule has 0 heterocycles. The van der Waals surface area contributed by atoms with Crippen molar-refractivity contribution in [3.8, 4) is 0 Å². The lowest BCUT2D eigenvalue weighted by molar-refractivity contribution is -0.729. The normalized spacial score (nSPS) is 8.50. The Kier molecular flexibility index (Phi) is 3.03. The number of carbonyl (C=O) groups excluding carboxylic acids is 2. The lowest BCUT2D eigenvalue weighted by Crippen LogP contribution is -2.12. The predicted molar refractivity (Wildman–Crippen MR) is 28.4 cm³/mol. The predicted octanol–water partition coefficient (Wildman–Crippen LogP) is -0.300. The van der Waals surface area contributed by atoms with E-state index in [2.05, 4.69) is 4.84 Å². The Balaban J connectivity index is 3.65. The van der Waals surface area contributed by atoms with Crippen molar-refractivity contribution < 1.29 is 19.5 Å².